The molecule has 0 aliphatic heterocycles. The molecule has 0 aromatic carbocycles. The summed E-state index contributed by atoms with van der Waals surface area (Å²) in [6, 6.07) is 0. The lowest BCUT2D eigenvalue weighted by Gasteiger charge is -2.11. The largest absolute Gasteiger partial charge is 0.347 e. The minimum Gasteiger partial charge on any atom is -0.347 e. The van der Waals surface area contributed by atoms with E-state index in [0.29, 0.717) is 0 Å². The van der Waals surface area contributed by atoms with Crippen molar-refractivity contribution < 1.29 is 4.79 Å². The van der Waals surface area contributed by atoms with Gasteiger partial charge in [-0.15, -0.1) is 0 Å². The van der Waals surface area contributed by atoms with E-state index in [0.717, 1.165) is 4.57 Å². The lowest BCUT2D eigenvalue weighted by atomic mass is 10.4. The molecular weight excluding hydrogens is 250 g/mol. The zero-order valence-corrected chi connectivity index (χ0v) is 11.2. The lowest BCUT2D eigenvalue weighted by molar-refractivity contribution is -0.129. The monoisotopic (exact) mass is 265 g/mol. The predicted molar refractivity (Wildman–Crippen MR) is 68.9 cm³/mol. The molecule has 2 rings (SSSR count). The summed E-state index contributed by atoms with van der Waals surface area (Å²) < 4.78 is 3.74. The van der Waals surface area contributed by atoms with E-state index in [1.807, 2.05) is 0 Å². The Morgan fingerprint density at radius 2 is 1.89 bits per heavy atom. The highest BCUT2D eigenvalue weighted by atomic mass is 16.2. The molecule has 0 aliphatic carbocycles. The molecule has 2 aromatic heterocycles. The van der Waals surface area contributed by atoms with Crippen molar-refractivity contribution in [3.05, 3.63) is 27.2 Å². The second kappa shape index (κ2) is 4.38. The van der Waals surface area contributed by atoms with Crippen LogP contribution in [0.2, 0.25) is 0 Å². The topological polar surface area (TPSA) is 82.1 Å². The Hall–Kier alpha value is -2.38. The van der Waals surface area contributed by atoms with Gasteiger partial charge in [-0.05, 0) is 0 Å². The third-order valence-electron chi connectivity index (χ3n) is 3.02. The number of hydrogen-bond acceptors (Lipinski definition) is 4. The zero-order valence-electron chi connectivity index (χ0n) is 11.2. The van der Waals surface area contributed by atoms with Crippen LogP contribution in [-0.4, -0.2) is 43.6 Å². The summed E-state index contributed by atoms with van der Waals surface area (Å²) in [5, 5.41) is 0. The molecule has 0 unspecified atom stereocenters. The zero-order chi connectivity index (χ0) is 14.3. The molecule has 0 atom stereocenters. The van der Waals surface area contributed by atoms with E-state index >= 15 is 0 Å². The van der Waals surface area contributed by atoms with E-state index in [4.69, 9.17) is 0 Å². The Labute approximate surface area is 108 Å². The molecule has 1 amide bonds. The number of fused-ring (bicyclic) bond motifs is 1. The third kappa shape index (κ3) is 1.94. The third-order valence-corrected chi connectivity index (χ3v) is 3.02. The highest BCUT2D eigenvalue weighted by Crippen LogP contribution is 2.05. The van der Waals surface area contributed by atoms with Gasteiger partial charge in [-0.3, -0.25) is 18.7 Å². The number of aryl methyl sites for hydroxylation is 1. The average Bonchev–Trinajstić information content (AvgIpc) is 2.77. The second-order valence-electron chi connectivity index (χ2n) is 4.54. The SMILES string of the molecule is CN(C)C(=O)Cn1cnc2c1c(=O)n(C)c(=O)n2C. The van der Waals surface area contributed by atoms with Gasteiger partial charge in [0.15, 0.2) is 11.2 Å². The summed E-state index contributed by atoms with van der Waals surface area (Å²) in [4.78, 5) is 41.0. The number of aromatic nitrogens is 4. The molecule has 8 nitrogen and oxygen atoms in total. The van der Waals surface area contributed by atoms with Gasteiger partial charge in [0.2, 0.25) is 5.91 Å². The first kappa shape index (κ1) is 13.1. The minimum absolute atomic E-state index is 0.0109. The van der Waals surface area contributed by atoms with Crippen molar-refractivity contribution in [2.75, 3.05) is 14.1 Å². The van der Waals surface area contributed by atoms with E-state index in [1.165, 1.54) is 34.5 Å². The van der Waals surface area contributed by atoms with Crippen LogP contribution in [0.25, 0.3) is 11.2 Å². The van der Waals surface area contributed by atoms with E-state index < -0.39 is 11.2 Å². The van der Waals surface area contributed by atoms with Crippen molar-refractivity contribution in [3.8, 4) is 0 Å². The van der Waals surface area contributed by atoms with Gasteiger partial charge in [0.05, 0.1) is 6.33 Å². The Kier molecular flexibility index (Phi) is 3.01. The van der Waals surface area contributed by atoms with Crippen LogP contribution in [0.4, 0.5) is 0 Å². The lowest BCUT2D eigenvalue weighted by Crippen LogP contribution is -2.38. The molecule has 8 heteroatoms. The van der Waals surface area contributed by atoms with Crippen molar-refractivity contribution >= 4 is 17.1 Å². The summed E-state index contributed by atoms with van der Waals surface area (Å²) >= 11 is 0. The summed E-state index contributed by atoms with van der Waals surface area (Å²) in [5.41, 5.74) is -0.372. The van der Waals surface area contributed by atoms with E-state index in [-0.39, 0.29) is 23.6 Å². The first-order valence-electron chi connectivity index (χ1n) is 5.65. The Morgan fingerprint density at radius 3 is 2.47 bits per heavy atom. The van der Waals surface area contributed by atoms with Crippen molar-refractivity contribution in [2.45, 2.75) is 6.54 Å². The second-order valence-corrected chi connectivity index (χ2v) is 4.54. The molecule has 0 N–H and O–H groups in total. The summed E-state index contributed by atoms with van der Waals surface area (Å²) in [7, 11) is 6.20. The van der Waals surface area contributed by atoms with Crippen molar-refractivity contribution in [2.24, 2.45) is 14.1 Å². The molecule has 19 heavy (non-hydrogen) atoms. The van der Waals surface area contributed by atoms with Gasteiger partial charge < -0.3 is 9.47 Å². The fraction of sp³-hybridized carbons (Fsp3) is 0.455. The molecule has 0 saturated carbocycles. The minimum atomic E-state index is -0.456. The van der Waals surface area contributed by atoms with Crippen LogP contribution in [0.3, 0.4) is 0 Å². The van der Waals surface area contributed by atoms with Crippen LogP contribution >= 0.6 is 0 Å². The van der Waals surface area contributed by atoms with Gasteiger partial charge in [-0.25, -0.2) is 9.78 Å². The molecular formula is C11H15N5O3. The molecule has 2 heterocycles. The van der Waals surface area contributed by atoms with Crippen LogP contribution in [0, 0.1) is 0 Å². The summed E-state index contributed by atoms with van der Waals surface area (Å²) in [5.74, 6) is -0.157. The van der Waals surface area contributed by atoms with Gasteiger partial charge in [-0.2, -0.15) is 0 Å². The van der Waals surface area contributed by atoms with E-state index in [9.17, 15) is 14.4 Å². The fourth-order valence-corrected chi connectivity index (χ4v) is 1.80. The first-order valence-corrected chi connectivity index (χ1v) is 5.65. The first-order chi connectivity index (χ1) is 8.84. The normalized spacial score (nSPS) is 10.9. The predicted octanol–water partition coefficient (Wildman–Crippen LogP) is -1.48. The smallest absolute Gasteiger partial charge is 0.332 e. The van der Waals surface area contributed by atoms with Crippen LogP contribution in [-0.2, 0) is 25.4 Å². The van der Waals surface area contributed by atoms with Gasteiger partial charge in [0.1, 0.15) is 6.54 Å². The fourth-order valence-electron chi connectivity index (χ4n) is 1.80. The summed E-state index contributed by atoms with van der Waals surface area (Å²) in [6.45, 7) is 0.0109. The summed E-state index contributed by atoms with van der Waals surface area (Å²) in [6.07, 6.45) is 1.40. The van der Waals surface area contributed by atoms with Crippen LogP contribution in [0.1, 0.15) is 0 Å². The maximum atomic E-state index is 12.1. The van der Waals surface area contributed by atoms with Crippen LogP contribution in [0.5, 0.6) is 0 Å². The standard InChI is InChI=1S/C11H15N5O3/c1-13(2)7(17)5-16-6-12-9-8(16)10(18)15(4)11(19)14(9)3/h6H,5H2,1-4H3. The molecule has 0 fully saturated rings. The van der Waals surface area contributed by atoms with E-state index in [1.54, 1.807) is 14.1 Å². The average molecular weight is 265 g/mol. The Bertz CT molecular complexity index is 765. The molecule has 0 saturated heterocycles. The van der Waals surface area contributed by atoms with Crippen molar-refractivity contribution in [1.82, 2.24) is 23.6 Å². The maximum absolute atomic E-state index is 12.1. The van der Waals surface area contributed by atoms with Crippen LogP contribution in [0.15, 0.2) is 15.9 Å². The quantitative estimate of drug-likeness (QED) is 0.663. The molecule has 0 bridgehead atoms. The van der Waals surface area contributed by atoms with Gasteiger partial charge in [-0.1, -0.05) is 0 Å². The number of amides is 1. The van der Waals surface area contributed by atoms with Gasteiger partial charge in [0, 0.05) is 28.2 Å². The number of hydrogen-bond donors (Lipinski definition) is 0. The van der Waals surface area contributed by atoms with Gasteiger partial charge >= 0.3 is 5.69 Å². The maximum Gasteiger partial charge on any atom is 0.332 e. The van der Waals surface area contributed by atoms with Crippen molar-refractivity contribution in [1.29, 1.82) is 0 Å². The number of rotatable bonds is 2. The number of nitrogens with zero attached hydrogens (tertiary/aromatic N) is 5. The van der Waals surface area contributed by atoms with Crippen LogP contribution < -0.4 is 11.2 Å². The number of carbonyl (C=O) groups is 1. The number of likely N-dealkylation sites (N-methyl/N-ethyl adjacent to an activating group) is 1. The van der Waals surface area contributed by atoms with E-state index in [2.05, 4.69) is 4.98 Å². The Balaban J connectivity index is 2.70. The van der Waals surface area contributed by atoms with Crippen molar-refractivity contribution in [3.63, 3.8) is 0 Å². The molecule has 102 valence electrons. The molecule has 0 radical (unpaired) electrons. The number of imidazole rings is 1. The highest BCUT2D eigenvalue weighted by molar-refractivity contribution is 5.78. The number of carbonyl (C=O) groups excluding carboxylic acids is 1. The molecule has 0 spiro atoms. The molecule has 0 aliphatic rings. The Morgan fingerprint density at radius 1 is 1.26 bits per heavy atom. The van der Waals surface area contributed by atoms with Gasteiger partial charge in [0.25, 0.3) is 5.56 Å². The highest BCUT2D eigenvalue weighted by Gasteiger charge is 2.16. The molecule has 2 aromatic rings.